The number of piperidine rings is 1. The summed E-state index contributed by atoms with van der Waals surface area (Å²) in [6, 6.07) is 10.1. The first kappa shape index (κ1) is 23.8. The minimum Gasteiger partial charge on any atom is -0.492 e. The first-order chi connectivity index (χ1) is 16.5. The number of nitrogens with zero attached hydrogens (tertiary/aromatic N) is 3. The zero-order valence-electron chi connectivity index (χ0n) is 20.3. The van der Waals surface area contributed by atoms with Crippen molar-refractivity contribution in [2.24, 2.45) is 5.73 Å². The zero-order valence-corrected chi connectivity index (χ0v) is 20.3. The van der Waals surface area contributed by atoms with Crippen molar-refractivity contribution in [2.75, 3.05) is 26.3 Å². The van der Waals surface area contributed by atoms with Gasteiger partial charge in [0.15, 0.2) is 0 Å². The molecule has 0 spiro atoms. The van der Waals surface area contributed by atoms with Crippen molar-refractivity contribution >= 4 is 5.91 Å². The molecule has 0 saturated carbocycles. The summed E-state index contributed by atoms with van der Waals surface area (Å²) >= 11 is 0. The molecule has 0 radical (unpaired) electrons. The third-order valence-electron chi connectivity index (χ3n) is 6.26. The average Bonchev–Trinajstić information content (AvgIpc) is 3.34. The number of hydrogen-bond donors (Lipinski definition) is 1. The molecule has 7 heteroatoms. The zero-order chi connectivity index (χ0) is 24.1. The Morgan fingerprint density at radius 3 is 2.24 bits per heavy atom. The number of aromatic nitrogens is 2. The monoisotopic (exact) mass is 462 g/mol. The fourth-order valence-electron chi connectivity index (χ4n) is 4.72. The number of nitrogens with two attached hydrogens (primary N) is 1. The van der Waals surface area contributed by atoms with E-state index in [4.69, 9.17) is 15.2 Å². The molecule has 1 saturated heterocycles. The van der Waals surface area contributed by atoms with Crippen molar-refractivity contribution in [1.29, 1.82) is 0 Å². The van der Waals surface area contributed by atoms with E-state index in [-0.39, 0.29) is 5.92 Å². The average molecular weight is 463 g/mol. The van der Waals surface area contributed by atoms with Gasteiger partial charge in [0.2, 0.25) is 0 Å². The van der Waals surface area contributed by atoms with Crippen molar-refractivity contribution in [2.45, 2.75) is 46.1 Å². The van der Waals surface area contributed by atoms with E-state index < -0.39 is 5.91 Å². The summed E-state index contributed by atoms with van der Waals surface area (Å²) in [5.74, 6) is 1.49. The summed E-state index contributed by atoms with van der Waals surface area (Å²) in [5.41, 5.74) is 10.1. The summed E-state index contributed by atoms with van der Waals surface area (Å²) < 4.78 is 14.1. The number of benzene rings is 1. The number of carbonyl (C=O) groups is 1. The summed E-state index contributed by atoms with van der Waals surface area (Å²) in [7, 11) is 0. The number of primary amides is 1. The smallest absolute Gasteiger partial charge is 0.250 e. The van der Waals surface area contributed by atoms with Crippen molar-refractivity contribution < 1.29 is 14.3 Å². The quantitative estimate of drug-likeness (QED) is 0.508. The number of aryl methyl sites for hydroxylation is 1. The third kappa shape index (κ3) is 5.25. The molecule has 0 atom stereocenters. The summed E-state index contributed by atoms with van der Waals surface area (Å²) in [4.78, 5) is 19.0. The van der Waals surface area contributed by atoms with Crippen LogP contribution in [0.15, 0.2) is 48.9 Å². The molecule has 1 amide bonds. The number of likely N-dealkylation sites (tertiary alicyclic amines) is 1. The topological polar surface area (TPSA) is 82.6 Å². The van der Waals surface area contributed by atoms with Crippen molar-refractivity contribution in [3.8, 4) is 17.2 Å². The van der Waals surface area contributed by atoms with Gasteiger partial charge < -0.3 is 19.8 Å². The third-order valence-corrected chi connectivity index (χ3v) is 6.26. The molecule has 1 aliphatic rings. The van der Waals surface area contributed by atoms with Gasteiger partial charge in [0.1, 0.15) is 17.2 Å². The number of carbonyl (C=O) groups excluding carboxylic acids is 1. The molecule has 3 aromatic rings. The highest BCUT2D eigenvalue weighted by atomic mass is 16.5. The van der Waals surface area contributed by atoms with Crippen LogP contribution >= 0.6 is 0 Å². The minimum absolute atomic E-state index is 0.244. The molecule has 2 N–H and O–H groups in total. The number of rotatable bonds is 9. The van der Waals surface area contributed by atoms with Gasteiger partial charge in [0.25, 0.3) is 5.91 Å². The Bertz CT molecular complexity index is 1090. The molecule has 34 heavy (non-hydrogen) atoms. The lowest BCUT2D eigenvalue weighted by Crippen LogP contribution is -2.33. The molecule has 3 heterocycles. The summed E-state index contributed by atoms with van der Waals surface area (Å²) in [6.45, 7) is 9.74. The highest BCUT2D eigenvalue weighted by molar-refractivity contribution is 5.94. The van der Waals surface area contributed by atoms with Crippen LogP contribution in [0.5, 0.6) is 11.5 Å². The maximum Gasteiger partial charge on any atom is 0.250 e. The lowest BCUT2D eigenvalue weighted by atomic mass is 9.89. The van der Waals surface area contributed by atoms with E-state index in [9.17, 15) is 4.79 Å². The second-order valence-electron chi connectivity index (χ2n) is 8.76. The van der Waals surface area contributed by atoms with Crippen LogP contribution < -0.4 is 15.2 Å². The molecule has 2 aromatic heterocycles. The van der Waals surface area contributed by atoms with E-state index in [0.29, 0.717) is 18.8 Å². The van der Waals surface area contributed by atoms with Crippen LogP contribution in [0.1, 0.15) is 59.8 Å². The Morgan fingerprint density at radius 1 is 1.06 bits per heavy atom. The predicted molar refractivity (Wildman–Crippen MR) is 133 cm³/mol. The van der Waals surface area contributed by atoms with Gasteiger partial charge in [-0.05, 0) is 88.2 Å². The molecule has 4 rings (SSSR count). The highest BCUT2D eigenvalue weighted by Crippen LogP contribution is 2.36. The van der Waals surface area contributed by atoms with Gasteiger partial charge >= 0.3 is 0 Å². The first-order valence-corrected chi connectivity index (χ1v) is 12.0. The normalized spacial score (nSPS) is 14.8. The molecular formula is C27H34N4O3. The van der Waals surface area contributed by atoms with Crippen molar-refractivity contribution in [1.82, 2.24) is 14.5 Å². The molecule has 1 aromatic carbocycles. The number of amides is 1. The largest absolute Gasteiger partial charge is 0.492 e. The van der Waals surface area contributed by atoms with Gasteiger partial charge in [-0.2, -0.15) is 0 Å². The lowest BCUT2D eigenvalue weighted by molar-refractivity contribution is 0.0997. The van der Waals surface area contributed by atoms with E-state index in [2.05, 4.69) is 22.0 Å². The van der Waals surface area contributed by atoms with E-state index in [1.165, 1.54) is 0 Å². The van der Waals surface area contributed by atoms with Crippen LogP contribution in [0.2, 0.25) is 0 Å². The van der Waals surface area contributed by atoms with Gasteiger partial charge in [0, 0.05) is 31.1 Å². The fourth-order valence-corrected chi connectivity index (χ4v) is 4.72. The Hall–Kier alpha value is -3.32. The van der Waals surface area contributed by atoms with Crippen LogP contribution in [0, 0.1) is 6.92 Å². The van der Waals surface area contributed by atoms with Crippen LogP contribution in [0.3, 0.4) is 0 Å². The molecule has 0 bridgehead atoms. The number of hydrogen-bond acceptors (Lipinski definition) is 5. The molecule has 1 aliphatic heterocycles. The Balaban J connectivity index is 1.51. The maximum atomic E-state index is 12.0. The molecular weight excluding hydrogens is 428 g/mol. The predicted octanol–water partition coefficient (Wildman–Crippen LogP) is 4.46. The van der Waals surface area contributed by atoms with Crippen LogP contribution in [-0.4, -0.2) is 46.7 Å². The fraction of sp³-hybridized carbons (Fsp3) is 0.407. The Kier molecular flexibility index (Phi) is 7.53. The Labute approximate surface area is 201 Å². The van der Waals surface area contributed by atoms with Crippen molar-refractivity contribution in [3.63, 3.8) is 0 Å². The second kappa shape index (κ2) is 10.7. The van der Waals surface area contributed by atoms with E-state index in [0.717, 1.165) is 66.5 Å². The molecule has 0 unspecified atom stereocenters. The van der Waals surface area contributed by atoms with Crippen LogP contribution in [0.4, 0.5) is 0 Å². The molecule has 0 aliphatic carbocycles. The van der Waals surface area contributed by atoms with Crippen LogP contribution in [-0.2, 0) is 6.54 Å². The first-order valence-electron chi connectivity index (χ1n) is 12.0. The minimum atomic E-state index is -0.400. The highest BCUT2D eigenvalue weighted by Gasteiger charge is 2.26. The van der Waals surface area contributed by atoms with Crippen LogP contribution in [0.25, 0.3) is 5.69 Å². The van der Waals surface area contributed by atoms with Gasteiger partial charge in [-0.3, -0.25) is 14.7 Å². The number of ether oxygens (including phenoxy) is 2. The SMILES string of the molecule is CCOc1cc(CN2CCC(c3ncc(C)cc3C(N)=O)CC2)cc(OCC)c1-n1cccc1. The second-order valence-corrected chi connectivity index (χ2v) is 8.76. The number of pyridine rings is 1. The molecule has 1 fully saturated rings. The van der Waals surface area contributed by atoms with Gasteiger partial charge in [-0.25, -0.2) is 0 Å². The molecule has 7 nitrogen and oxygen atoms in total. The Morgan fingerprint density at radius 2 is 1.68 bits per heavy atom. The van der Waals surface area contributed by atoms with E-state index >= 15 is 0 Å². The molecule has 180 valence electrons. The summed E-state index contributed by atoms with van der Waals surface area (Å²) in [5, 5.41) is 0. The van der Waals surface area contributed by atoms with E-state index in [1.807, 2.05) is 62.1 Å². The van der Waals surface area contributed by atoms with Gasteiger partial charge in [-0.1, -0.05) is 0 Å². The summed E-state index contributed by atoms with van der Waals surface area (Å²) in [6.07, 6.45) is 7.71. The lowest BCUT2D eigenvalue weighted by Gasteiger charge is -2.32. The van der Waals surface area contributed by atoms with Crippen molar-refractivity contribution in [3.05, 3.63) is 71.3 Å². The van der Waals surface area contributed by atoms with Gasteiger partial charge in [0.05, 0.1) is 24.5 Å². The van der Waals surface area contributed by atoms with Gasteiger partial charge in [-0.15, -0.1) is 0 Å². The van der Waals surface area contributed by atoms with E-state index in [1.54, 1.807) is 0 Å². The maximum absolute atomic E-state index is 12.0. The standard InChI is InChI=1S/C27H34N4O3/c1-4-33-23-15-20(16-24(34-5-2)26(23)31-10-6-7-11-31)18-30-12-8-21(9-13-30)25-22(27(28)32)14-19(3)17-29-25/h6-7,10-11,14-17,21H,4-5,8-9,12-13,18H2,1-3H3,(H2,28,32).